The number of amides is 1. The van der Waals surface area contributed by atoms with Crippen LogP contribution in [0.3, 0.4) is 0 Å². The van der Waals surface area contributed by atoms with Gasteiger partial charge < -0.3 is 5.32 Å². The van der Waals surface area contributed by atoms with Crippen LogP contribution in [0, 0.1) is 10.5 Å². The third-order valence-electron chi connectivity index (χ3n) is 2.35. The molecule has 0 spiro atoms. The van der Waals surface area contributed by atoms with Gasteiger partial charge in [0, 0.05) is 15.3 Å². The lowest BCUT2D eigenvalue weighted by Gasteiger charge is -2.05. The molecule has 0 fully saturated rings. The molecule has 4 nitrogen and oxygen atoms in total. The Morgan fingerprint density at radius 1 is 1.33 bits per heavy atom. The maximum absolute atomic E-state index is 11.9. The molecule has 0 saturated carbocycles. The molecule has 18 heavy (non-hydrogen) atoms. The van der Waals surface area contributed by atoms with Crippen molar-refractivity contribution >= 4 is 28.5 Å². The molecule has 1 N–H and O–H groups in total. The van der Waals surface area contributed by atoms with E-state index in [0.717, 1.165) is 15.0 Å². The van der Waals surface area contributed by atoms with Crippen LogP contribution in [0.15, 0.2) is 36.7 Å². The predicted molar refractivity (Wildman–Crippen MR) is 77.1 cm³/mol. The first-order valence-corrected chi connectivity index (χ1v) is 6.54. The van der Waals surface area contributed by atoms with Gasteiger partial charge in [0.15, 0.2) is 0 Å². The van der Waals surface area contributed by atoms with Crippen molar-refractivity contribution in [1.82, 2.24) is 15.3 Å². The van der Waals surface area contributed by atoms with Crippen LogP contribution < -0.4 is 5.32 Å². The second kappa shape index (κ2) is 5.90. The van der Waals surface area contributed by atoms with E-state index in [1.807, 2.05) is 25.1 Å². The molecule has 5 heteroatoms. The van der Waals surface area contributed by atoms with Crippen molar-refractivity contribution in [2.75, 3.05) is 0 Å². The smallest absolute Gasteiger partial charge is 0.251 e. The molecule has 1 aromatic heterocycles. The van der Waals surface area contributed by atoms with E-state index in [2.05, 4.69) is 37.9 Å². The monoisotopic (exact) mass is 353 g/mol. The summed E-state index contributed by atoms with van der Waals surface area (Å²) in [6.45, 7) is 2.26. The third kappa shape index (κ3) is 3.49. The van der Waals surface area contributed by atoms with E-state index in [1.165, 1.54) is 0 Å². The van der Waals surface area contributed by atoms with Crippen molar-refractivity contribution in [3.05, 3.63) is 57.2 Å². The first-order chi connectivity index (χ1) is 8.65. The summed E-state index contributed by atoms with van der Waals surface area (Å²) >= 11 is 2.18. The Bertz CT molecular complexity index is 554. The SMILES string of the molecule is Cc1cnc(CNC(=O)c2cccc(I)c2)cn1. The van der Waals surface area contributed by atoms with Gasteiger partial charge in [0.1, 0.15) is 0 Å². The number of nitrogens with zero attached hydrogens (tertiary/aromatic N) is 2. The highest BCUT2D eigenvalue weighted by atomic mass is 127. The first kappa shape index (κ1) is 12.9. The highest BCUT2D eigenvalue weighted by Crippen LogP contribution is 2.07. The Hall–Kier alpha value is -1.50. The average Bonchev–Trinajstić information content (AvgIpc) is 2.38. The Balaban J connectivity index is 1.98. The standard InChI is InChI=1S/C13H12IN3O/c1-9-6-16-12(7-15-9)8-17-13(18)10-3-2-4-11(14)5-10/h2-7H,8H2,1H3,(H,17,18). The number of hydrogen-bond donors (Lipinski definition) is 1. The van der Waals surface area contributed by atoms with Gasteiger partial charge in [-0.15, -0.1) is 0 Å². The molecule has 0 unspecified atom stereocenters. The van der Waals surface area contributed by atoms with Crippen LogP contribution >= 0.6 is 22.6 Å². The van der Waals surface area contributed by atoms with E-state index in [0.29, 0.717) is 12.1 Å². The Kier molecular flexibility index (Phi) is 4.24. The summed E-state index contributed by atoms with van der Waals surface area (Å²) in [5.41, 5.74) is 2.27. The lowest BCUT2D eigenvalue weighted by molar-refractivity contribution is 0.0950. The van der Waals surface area contributed by atoms with Crippen molar-refractivity contribution in [1.29, 1.82) is 0 Å². The summed E-state index contributed by atoms with van der Waals surface area (Å²) in [5.74, 6) is -0.101. The lowest BCUT2D eigenvalue weighted by Crippen LogP contribution is -2.23. The van der Waals surface area contributed by atoms with Crippen LogP contribution in [0.5, 0.6) is 0 Å². The molecule has 0 bridgehead atoms. The van der Waals surface area contributed by atoms with Crippen LogP contribution in [-0.2, 0) is 6.54 Å². The molecule has 0 atom stereocenters. The maximum Gasteiger partial charge on any atom is 0.251 e. The molecular weight excluding hydrogens is 341 g/mol. The van der Waals surface area contributed by atoms with Crippen LogP contribution in [0.2, 0.25) is 0 Å². The van der Waals surface area contributed by atoms with Gasteiger partial charge in [-0.1, -0.05) is 6.07 Å². The summed E-state index contributed by atoms with van der Waals surface area (Å²) in [6, 6.07) is 7.44. The van der Waals surface area contributed by atoms with Crippen LogP contribution in [0.25, 0.3) is 0 Å². The zero-order valence-corrected chi connectivity index (χ0v) is 12.0. The van der Waals surface area contributed by atoms with E-state index < -0.39 is 0 Å². The molecule has 0 aliphatic carbocycles. The number of benzene rings is 1. The van der Waals surface area contributed by atoms with Crippen molar-refractivity contribution in [3.63, 3.8) is 0 Å². The minimum Gasteiger partial charge on any atom is -0.346 e. The number of rotatable bonds is 3. The number of hydrogen-bond acceptors (Lipinski definition) is 3. The molecule has 92 valence electrons. The van der Waals surface area contributed by atoms with Crippen LogP contribution in [0.1, 0.15) is 21.7 Å². The molecule has 0 aliphatic heterocycles. The highest BCUT2D eigenvalue weighted by molar-refractivity contribution is 14.1. The van der Waals surface area contributed by atoms with Gasteiger partial charge in [-0.3, -0.25) is 14.8 Å². The summed E-state index contributed by atoms with van der Waals surface area (Å²) in [4.78, 5) is 20.2. The topological polar surface area (TPSA) is 54.9 Å². The van der Waals surface area contributed by atoms with Gasteiger partial charge in [0.05, 0.1) is 24.1 Å². The van der Waals surface area contributed by atoms with E-state index in [9.17, 15) is 4.79 Å². The minimum absolute atomic E-state index is 0.101. The molecule has 0 saturated heterocycles. The summed E-state index contributed by atoms with van der Waals surface area (Å²) in [7, 11) is 0. The van der Waals surface area contributed by atoms with E-state index in [1.54, 1.807) is 18.5 Å². The fourth-order valence-electron chi connectivity index (χ4n) is 1.41. The van der Waals surface area contributed by atoms with Gasteiger partial charge in [0.25, 0.3) is 5.91 Å². The number of halogens is 1. The van der Waals surface area contributed by atoms with Gasteiger partial charge in [-0.25, -0.2) is 0 Å². The normalized spacial score (nSPS) is 10.1. The Morgan fingerprint density at radius 2 is 2.17 bits per heavy atom. The van der Waals surface area contributed by atoms with Crippen molar-refractivity contribution in [3.8, 4) is 0 Å². The summed E-state index contributed by atoms with van der Waals surface area (Å²) in [6.07, 6.45) is 3.36. The molecule has 2 rings (SSSR count). The molecular formula is C13H12IN3O. The zero-order valence-electron chi connectivity index (χ0n) is 9.85. The largest absolute Gasteiger partial charge is 0.346 e. The highest BCUT2D eigenvalue weighted by Gasteiger charge is 2.05. The number of aromatic nitrogens is 2. The molecule has 1 aromatic carbocycles. The van der Waals surface area contributed by atoms with Gasteiger partial charge in [-0.2, -0.15) is 0 Å². The van der Waals surface area contributed by atoms with Crippen molar-refractivity contribution in [2.24, 2.45) is 0 Å². The Labute approximate surface area is 119 Å². The molecule has 2 aromatic rings. The minimum atomic E-state index is -0.101. The van der Waals surface area contributed by atoms with Gasteiger partial charge >= 0.3 is 0 Å². The van der Waals surface area contributed by atoms with E-state index >= 15 is 0 Å². The fraction of sp³-hybridized carbons (Fsp3) is 0.154. The van der Waals surface area contributed by atoms with Gasteiger partial charge in [-0.05, 0) is 47.7 Å². The van der Waals surface area contributed by atoms with Crippen LogP contribution in [-0.4, -0.2) is 15.9 Å². The molecule has 0 radical (unpaired) electrons. The maximum atomic E-state index is 11.9. The Morgan fingerprint density at radius 3 is 2.83 bits per heavy atom. The number of nitrogens with one attached hydrogen (secondary N) is 1. The molecule has 0 aliphatic rings. The first-order valence-electron chi connectivity index (χ1n) is 5.46. The number of aryl methyl sites for hydroxylation is 1. The van der Waals surface area contributed by atoms with Crippen LogP contribution in [0.4, 0.5) is 0 Å². The quantitative estimate of drug-likeness (QED) is 0.862. The zero-order chi connectivity index (χ0) is 13.0. The predicted octanol–water partition coefficient (Wildman–Crippen LogP) is 2.32. The van der Waals surface area contributed by atoms with E-state index in [4.69, 9.17) is 0 Å². The average molecular weight is 353 g/mol. The lowest BCUT2D eigenvalue weighted by atomic mass is 10.2. The molecule has 1 amide bonds. The summed E-state index contributed by atoms with van der Waals surface area (Å²) < 4.78 is 1.04. The third-order valence-corrected chi connectivity index (χ3v) is 3.02. The molecule has 1 heterocycles. The van der Waals surface area contributed by atoms with Crippen molar-refractivity contribution < 1.29 is 4.79 Å². The number of carbonyl (C=O) groups is 1. The van der Waals surface area contributed by atoms with E-state index in [-0.39, 0.29) is 5.91 Å². The van der Waals surface area contributed by atoms with Gasteiger partial charge in [0.2, 0.25) is 0 Å². The fourth-order valence-corrected chi connectivity index (χ4v) is 1.96. The number of carbonyl (C=O) groups excluding carboxylic acids is 1. The second-order valence-corrected chi connectivity index (χ2v) is 5.09. The van der Waals surface area contributed by atoms with Crippen molar-refractivity contribution in [2.45, 2.75) is 13.5 Å². The summed E-state index contributed by atoms with van der Waals surface area (Å²) in [5, 5.41) is 2.82. The second-order valence-electron chi connectivity index (χ2n) is 3.84.